The van der Waals surface area contributed by atoms with E-state index in [1.54, 1.807) is 24.3 Å². The average molecular weight is 537 g/mol. The van der Waals surface area contributed by atoms with Gasteiger partial charge in [0.1, 0.15) is 5.82 Å². The first kappa shape index (κ1) is 29.2. The molecule has 0 bridgehead atoms. The zero-order valence-electron chi connectivity index (χ0n) is 23.6. The fourth-order valence-corrected chi connectivity index (χ4v) is 5.87. The molecule has 210 valence electrons. The Labute approximate surface area is 232 Å². The standard InChI is InChI=1S/C35H43F3O/c1-3-5-7-8-9-10-25-11-13-27(14-12-25)30-20-19-29(24-32(30)36)26-15-17-28(18-16-26)31-21-22-33(35(38)34(31)37)39-23-6-4-2/h15-22,24-25,27H,3-14,23H2,1-2H3. The number of benzene rings is 3. The summed E-state index contributed by atoms with van der Waals surface area (Å²) in [6, 6.07) is 15.7. The molecule has 0 aliphatic heterocycles. The largest absolute Gasteiger partial charge is 0.490 e. The van der Waals surface area contributed by atoms with Gasteiger partial charge >= 0.3 is 0 Å². The van der Waals surface area contributed by atoms with Crippen LogP contribution >= 0.6 is 0 Å². The lowest BCUT2D eigenvalue weighted by atomic mass is 9.76. The van der Waals surface area contributed by atoms with Crippen molar-refractivity contribution in [2.45, 2.75) is 96.8 Å². The highest BCUT2D eigenvalue weighted by Crippen LogP contribution is 2.40. The van der Waals surface area contributed by atoms with Crippen LogP contribution in [0.1, 0.15) is 102 Å². The number of rotatable bonds is 13. The molecule has 3 aromatic carbocycles. The van der Waals surface area contributed by atoms with E-state index in [1.807, 2.05) is 31.2 Å². The molecule has 0 unspecified atom stereocenters. The average Bonchev–Trinajstić information content (AvgIpc) is 2.96. The maximum Gasteiger partial charge on any atom is 0.201 e. The first-order valence-electron chi connectivity index (χ1n) is 15.0. The van der Waals surface area contributed by atoms with E-state index in [-0.39, 0.29) is 17.1 Å². The van der Waals surface area contributed by atoms with Crippen molar-refractivity contribution in [2.24, 2.45) is 5.92 Å². The second-order valence-electron chi connectivity index (χ2n) is 11.2. The summed E-state index contributed by atoms with van der Waals surface area (Å²) in [4.78, 5) is 0. The molecule has 0 saturated heterocycles. The van der Waals surface area contributed by atoms with Gasteiger partial charge in [0.25, 0.3) is 0 Å². The zero-order valence-corrected chi connectivity index (χ0v) is 23.6. The van der Waals surface area contributed by atoms with E-state index in [2.05, 4.69) is 6.92 Å². The van der Waals surface area contributed by atoms with Crippen molar-refractivity contribution in [2.75, 3.05) is 6.61 Å². The van der Waals surface area contributed by atoms with Crippen LogP contribution in [0.25, 0.3) is 22.3 Å². The van der Waals surface area contributed by atoms with E-state index in [1.165, 1.54) is 57.4 Å². The van der Waals surface area contributed by atoms with Crippen LogP contribution in [0.15, 0.2) is 54.6 Å². The van der Waals surface area contributed by atoms with Gasteiger partial charge in [-0.25, -0.2) is 8.78 Å². The van der Waals surface area contributed by atoms with Crippen molar-refractivity contribution < 1.29 is 17.9 Å². The monoisotopic (exact) mass is 536 g/mol. The zero-order chi connectivity index (χ0) is 27.6. The third-order valence-electron chi connectivity index (χ3n) is 8.33. The maximum atomic E-state index is 15.2. The molecule has 39 heavy (non-hydrogen) atoms. The summed E-state index contributed by atoms with van der Waals surface area (Å²) in [5, 5.41) is 0. The van der Waals surface area contributed by atoms with Gasteiger partial charge in [-0.2, -0.15) is 4.39 Å². The van der Waals surface area contributed by atoms with Gasteiger partial charge in [-0.3, -0.25) is 0 Å². The number of ether oxygens (including phenoxy) is 1. The molecule has 1 nitrogen and oxygen atoms in total. The molecule has 1 fully saturated rings. The topological polar surface area (TPSA) is 9.23 Å². The number of unbranched alkanes of at least 4 members (excludes halogenated alkanes) is 5. The highest BCUT2D eigenvalue weighted by Gasteiger charge is 2.24. The first-order valence-corrected chi connectivity index (χ1v) is 15.0. The van der Waals surface area contributed by atoms with E-state index in [9.17, 15) is 8.78 Å². The smallest absolute Gasteiger partial charge is 0.201 e. The quantitative estimate of drug-likeness (QED) is 0.197. The van der Waals surface area contributed by atoms with Crippen LogP contribution in [0.2, 0.25) is 0 Å². The lowest BCUT2D eigenvalue weighted by Crippen LogP contribution is -2.14. The van der Waals surface area contributed by atoms with Gasteiger partial charge in [0.2, 0.25) is 5.82 Å². The third kappa shape index (κ3) is 7.68. The Hall–Kier alpha value is -2.75. The summed E-state index contributed by atoms with van der Waals surface area (Å²) in [5.41, 5.74) is 3.20. The molecule has 0 N–H and O–H groups in total. The molecule has 4 heteroatoms. The second kappa shape index (κ2) is 14.6. The molecular weight excluding hydrogens is 493 g/mol. The Kier molecular flexibility index (Phi) is 10.9. The minimum Gasteiger partial charge on any atom is -0.490 e. The number of halogens is 3. The lowest BCUT2D eigenvalue weighted by Gasteiger charge is -2.29. The Morgan fingerprint density at radius 3 is 2.03 bits per heavy atom. The minimum absolute atomic E-state index is 0.0622. The minimum atomic E-state index is -0.966. The molecule has 0 radical (unpaired) electrons. The second-order valence-corrected chi connectivity index (χ2v) is 11.2. The molecule has 0 spiro atoms. The Morgan fingerprint density at radius 2 is 1.33 bits per heavy atom. The normalized spacial score (nSPS) is 17.4. The summed E-state index contributed by atoms with van der Waals surface area (Å²) in [7, 11) is 0. The van der Waals surface area contributed by atoms with Gasteiger partial charge in [0.15, 0.2) is 11.6 Å². The van der Waals surface area contributed by atoms with Gasteiger partial charge in [-0.05, 0) is 84.4 Å². The molecule has 0 atom stereocenters. The molecule has 0 amide bonds. The summed E-state index contributed by atoms with van der Waals surface area (Å²) in [5.74, 6) is -1.000. The highest BCUT2D eigenvalue weighted by molar-refractivity contribution is 5.71. The van der Waals surface area contributed by atoms with E-state index in [0.717, 1.165) is 48.3 Å². The molecule has 3 aromatic rings. The van der Waals surface area contributed by atoms with Gasteiger partial charge in [0, 0.05) is 5.56 Å². The van der Waals surface area contributed by atoms with Gasteiger partial charge in [0.05, 0.1) is 6.61 Å². The summed E-state index contributed by atoms with van der Waals surface area (Å²) >= 11 is 0. The van der Waals surface area contributed by atoms with Crippen LogP contribution in [0.5, 0.6) is 5.75 Å². The summed E-state index contributed by atoms with van der Waals surface area (Å²) in [6.07, 6.45) is 14.2. The highest BCUT2D eigenvalue weighted by atomic mass is 19.2. The van der Waals surface area contributed by atoms with Crippen LogP contribution in [-0.2, 0) is 0 Å². The van der Waals surface area contributed by atoms with Crippen LogP contribution in [0.4, 0.5) is 13.2 Å². The fraction of sp³-hybridized carbons (Fsp3) is 0.486. The summed E-state index contributed by atoms with van der Waals surface area (Å²) in [6.45, 7) is 4.62. The summed E-state index contributed by atoms with van der Waals surface area (Å²) < 4.78 is 49.9. The van der Waals surface area contributed by atoms with Crippen LogP contribution < -0.4 is 4.74 Å². The molecule has 4 rings (SSSR count). The third-order valence-corrected chi connectivity index (χ3v) is 8.33. The Bertz CT molecular complexity index is 1180. The number of hydrogen-bond donors (Lipinski definition) is 0. The molecule has 1 aliphatic rings. The van der Waals surface area contributed by atoms with Crippen LogP contribution in [0.3, 0.4) is 0 Å². The van der Waals surface area contributed by atoms with Gasteiger partial charge in [-0.1, -0.05) is 95.2 Å². The SMILES string of the molecule is CCCCCCCC1CCC(c2ccc(-c3ccc(-c4ccc(OCCCC)c(F)c4F)cc3)cc2F)CC1. The van der Waals surface area contributed by atoms with Crippen molar-refractivity contribution >= 4 is 0 Å². The van der Waals surface area contributed by atoms with Crippen LogP contribution in [-0.4, -0.2) is 6.61 Å². The molecule has 1 saturated carbocycles. The molecule has 0 aromatic heterocycles. The van der Waals surface area contributed by atoms with Crippen molar-refractivity contribution in [1.29, 1.82) is 0 Å². The molecular formula is C35H43F3O. The van der Waals surface area contributed by atoms with Gasteiger partial charge in [-0.15, -0.1) is 0 Å². The van der Waals surface area contributed by atoms with Crippen molar-refractivity contribution in [3.8, 4) is 28.0 Å². The van der Waals surface area contributed by atoms with Crippen molar-refractivity contribution in [1.82, 2.24) is 0 Å². The lowest BCUT2D eigenvalue weighted by molar-refractivity contribution is 0.289. The Balaban J connectivity index is 1.37. The number of hydrogen-bond acceptors (Lipinski definition) is 1. The fourth-order valence-electron chi connectivity index (χ4n) is 5.87. The van der Waals surface area contributed by atoms with E-state index in [0.29, 0.717) is 18.1 Å². The van der Waals surface area contributed by atoms with Crippen molar-refractivity contribution in [3.63, 3.8) is 0 Å². The maximum absolute atomic E-state index is 15.2. The van der Waals surface area contributed by atoms with E-state index in [4.69, 9.17) is 4.74 Å². The van der Waals surface area contributed by atoms with Gasteiger partial charge < -0.3 is 4.74 Å². The molecule has 0 heterocycles. The predicted octanol–water partition coefficient (Wildman–Crippen LogP) is 11.3. The van der Waals surface area contributed by atoms with Crippen molar-refractivity contribution in [3.05, 3.63) is 77.6 Å². The first-order chi connectivity index (χ1) is 19.0. The predicted molar refractivity (Wildman–Crippen MR) is 156 cm³/mol. The van der Waals surface area contributed by atoms with Crippen LogP contribution in [0, 0.1) is 23.4 Å². The van der Waals surface area contributed by atoms with E-state index >= 15 is 4.39 Å². The molecule has 1 aliphatic carbocycles. The Morgan fingerprint density at radius 1 is 0.667 bits per heavy atom. The van der Waals surface area contributed by atoms with E-state index < -0.39 is 11.6 Å².